The average molecular weight is 681 g/mol. The predicted octanol–water partition coefficient (Wildman–Crippen LogP) is 7.36. The largest absolute Gasteiger partial charge is 0.350 e. The summed E-state index contributed by atoms with van der Waals surface area (Å²) in [5.41, 5.74) is 2.98. The molecule has 0 fully saturated rings. The van der Waals surface area contributed by atoms with E-state index in [1.54, 1.807) is 48.5 Å². The summed E-state index contributed by atoms with van der Waals surface area (Å²) < 4.78 is 29.4. The SMILES string of the molecule is Cc1ccc(N(CC(=O)N(Cc2ccc(Cl)cc2Cl)[C@@H](Cc2ccccc2)C(=O)NC(C)(C)C)S(=O)(=O)c2ccccc2)cc1C. The first kappa shape index (κ1) is 35.0. The number of hydrogen-bond acceptors (Lipinski definition) is 4. The lowest BCUT2D eigenvalue weighted by molar-refractivity contribution is -0.140. The lowest BCUT2D eigenvalue weighted by Crippen LogP contribution is -2.56. The van der Waals surface area contributed by atoms with Crippen molar-refractivity contribution in [2.45, 2.75) is 64.1 Å². The van der Waals surface area contributed by atoms with Crippen LogP contribution < -0.4 is 9.62 Å². The summed E-state index contributed by atoms with van der Waals surface area (Å²) >= 11 is 12.8. The number of benzene rings is 4. The Morgan fingerprint density at radius 1 is 0.826 bits per heavy atom. The number of aryl methyl sites for hydroxylation is 2. The molecule has 242 valence electrons. The summed E-state index contributed by atoms with van der Waals surface area (Å²) in [5, 5.41) is 3.77. The van der Waals surface area contributed by atoms with Gasteiger partial charge >= 0.3 is 0 Å². The normalized spacial score (nSPS) is 12.3. The summed E-state index contributed by atoms with van der Waals surface area (Å²) in [5.74, 6) is -0.952. The third-order valence-electron chi connectivity index (χ3n) is 7.51. The molecule has 4 rings (SSSR count). The van der Waals surface area contributed by atoms with Crippen molar-refractivity contribution in [1.82, 2.24) is 10.2 Å². The molecular formula is C36H39Cl2N3O4S. The maximum Gasteiger partial charge on any atom is 0.264 e. The van der Waals surface area contributed by atoms with E-state index in [1.807, 2.05) is 71.0 Å². The smallest absolute Gasteiger partial charge is 0.264 e. The second-order valence-corrected chi connectivity index (χ2v) is 15.0. The van der Waals surface area contributed by atoms with E-state index in [2.05, 4.69) is 5.32 Å². The maximum atomic E-state index is 14.6. The number of rotatable bonds is 11. The summed E-state index contributed by atoms with van der Waals surface area (Å²) in [7, 11) is -4.19. The van der Waals surface area contributed by atoms with Crippen LogP contribution in [0.3, 0.4) is 0 Å². The van der Waals surface area contributed by atoms with Gasteiger partial charge < -0.3 is 10.2 Å². The van der Waals surface area contributed by atoms with E-state index < -0.39 is 34.1 Å². The highest BCUT2D eigenvalue weighted by molar-refractivity contribution is 7.92. The number of nitrogens with one attached hydrogen (secondary N) is 1. The molecule has 2 amide bonds. The fourth-order valence-corrected chi connectivity index (χ4v) is 6.86. The predicted molar refractivity (Wildman–Crippen MR) is 186 cm³/mol. The van der Waals surface area contributed by atoms with Crippen molar-refractivity contribution in [3.05, 3.63) is 129 Å². The minimum atomic E-state index is -4.19. The minimum absolute atomic E-state index is 0.0413. The summed E-state index contributed by atoms with van der Waals surface area (Å²) in [4.78, 5) is 30.1. The number of hydrogen-bond donors (Lipinski definition) is 1. The third kappa shape index (κ3) is 8.90. The number of amides is 2. The molecule has 46 heavy (non-hydrogen) atoms. The van der Waals surface area contributed by atoms with E-state index in [0.717, 1.165) is 21.0 Å². The van der Waals surface area contributed by atoms with E-state index in [-0.39, 0.29) is 23.8 Å². The van der Waals surface area contributed by atoms with Crippen LogP contribution in [0.25, 0.3) is 0 Å². The Kier molecular flexibility index (Phi) is 11.2. The zero-order valence-electron chi connectivity index (χ0n) is 26.6. The van der Waals surface area contributed by atoms with Crippen molar-refractivity contribution in [1.29, 1.82) is 0 Å². The van der Waals surface area contributed by atoms with Crippen molar-refractivity contribution < 1.29 is 18.0 Å². The number of carbonyl (C=O) groups is 2. The molecule has 1 N–H and O–H groups in total. The van der Waals surface area contributed by atoms with Crippen LogP contribution in [0, 0.1) is 13.8 Å². The quantitative estimate of drug-likeness (QED) is 0.179. The average Bonchev–Trinajstić information content (AvgIpc) is 3.00. The lowest BCUT2D eigenvalue weighted by Gasteiger charge is -2.35. The van der Waals surface area contributed by atoms with Crippen LogP contribution in [-0.2, 0) is 32.6 Å². The molecule has 4 aromatic carbocycles. The highest BCUT2D eigenvalue weighted by Gasteiger charge is 2.36. The summed E-state index contributed by atoms with van der Waals surface area (Å²) in [6.45, 7) is 8.78. The highest BCUT2D eigenvalue weighted by atomic mass is 35.5. The molecule has 0 spiro atoms. The van der Waals surface area contributed by atoms with Crippen LogP contribution in [0.5, 0.6) is 0 Å². The Bertz CT molecular complexity index is 1790. The van der Waals surface area contributed by atoms with Crippen molar-refractivity contribution in [3.63, 3.8) is 0 Å². The van der Waals surface area contributed by atoms with Crippen LogP contribution in [0.4, 0.5) is 5.69 Å². The molecule has 0 aliphatic carbocycles. The molecular weight excluding hydrogens is 641 g/mol. The van der Waals surface area contributed by atoms with Gasteiger partial charge in [-0.2, -0.15) is 0 Å². The maximum absolute atomic E-state index is 14.6. The van der Waals surface area contributed by atoms with Gasteiger partial charge in [-0.15, -0.1) is 0 Å². The van der Waals surface area contributed by atoms with Crippen molar-refractivity contribution in [2.24, 2.45) is 0 Å². The van der Waals surface area contributed by atoms with Gasteiger partial charge in [0.2, 0.25) is 11.8 Å². The van der Waals surface area contributed by atoms with E-state index in [9.17, 15) is 18.0 Å². The molecule has 1 atom stereocenters. The van der Waals surface area contributed by atoms with Crippen molar-refractivity contribution in [3.8, 4) is 0 Å². The Hall–Kier alpha value is -3.85. The second kappa shape index (κ2) is 14.7. The van der Waals surface area contributed by atoms with E-state index >= 15 is 0 Å². The van der Waals surface area contributed by atoms with Crippen LogP contribution in [0.2, 0.25) is 10.0 Å². The van der Waals surface area contributed by atoms with Crippen molar-refractivity contribution >= 4 is 50.7 Å². The van der Waals surface area contributed by atoms with Crippen LogP contribution in [0.1, 0.15) is 43.0 Å². The molecule has 0 unspecified atom stereocenters. The molecule has 4 aromatic rings. The van der Waals surface area contributed by atoms with E-state index in [1.165, 1.54) is 17.0 Å². The monoisotopic (exact) mass is 679 g/mol. The van der Waals surface area contributed by atoms with E-state index in [0.29, 0.717) is 21.3 Å². The molecule has 0 saturated heterocycles. The summed E-state index contributed by atoms with van der Waals surface area (Å²) in [6, 6.07) is 26.6. The van der Waals surface area contributed by atoms with Gasteiger partial charge in [0.05, 0.1) is 10.6 Å². The second-order valence-electron chi connectivity index (χ2n) is 12.3. The van der Waals surface area contributed by atoms with Crippen LogP contribution in [-0.4, -0.2) is 43.3 Å². The van der Waals surface area contributed by atoms with Gasteiger partial charge in [0.15, 0.2) is 0 Å². The van der Waals surface area contributed by atoms with Gasteiger partial charge in [0, 0.05) is 28.5 Å². The zero-order chi connectivity index (χ0) is 33.6. The van der Waals surface area contributed by atoms with Gasteiger partial charge in [-0.25, -0.2) is 8.42 Å². The summed E-state index contributed by atoms with van der Waals surface area (Å²) in [6.07, 6.45) is 0.189. The van der Waals surface area contributed by atoms with Gasteiger partial charge in [-0.1, -0.05) is 83.9 Å². The van der Waals surface area contributed by atoms with Gasteiger partial charge in [0.1, 0.15) is 12.6 Å². The number of anilines is 1. The molecule has 10 heteroatoms. The number of carbonyl (C=O) groups excluding carboxylic acids is 2. The van der Waals surface area contributed by atoms with Crippen LogP contribution in [0.15, 0.2) is 102 Å². The fourth-order valence-electron chi connectivity index (χ4n) is 4.97. The molecule has 0 bridgehead atoms. The molecule has 0 saturated carbocycles. The number of sulfonamides is 1. The first-order chi connectivity index (χ1) is 21.7. The van der Waals surface area contributed by atoms with Gasteiger partial charge in [-0.3, -0.25) is 13.9 Å². The first-order valence-electron chi connectivity index (χ1n) is 14.9. The third-order valence-corrected chi connectivity index (χ3v) is 9.89. The molecule has 0 aromatic heterocycles. The molecule has 7 nitrogen and oxygen atoms in total. The Morgan fingerprint density at radius 3 is 2.04 bits per heavy atom. The van der Waals surface area contributed by atoms with Gasteiger partial charge in [0.25, 0.3) is 10.0 Å². The molecule has 0 heterocycles. The molecule has 0 aliphatic heterocycles. The van der Waals surface area contributed by atoms with Gasteiger partial charge in [-0.05, 0) is 93.3 Å². The lowest BCUT2D eigenvalue weighted by atomic mass is 10.0. The van der Waals surface area contributed by atoms with Crippen LogP contribution >= 0.6 is 23.2 Å². The topological polar surface area (TPSA) is 86.8 Å². The molecule has 0 aliphatic rings. The Morgan fingerprint density at radius 2 is 1.46 bits per heavy atom. The number of halogens is 2. The van der Waals surface area contributed by atoms with Crippen molar-refractivity contribution in [2.75, 3.05) is 10.8 Å². The minimum Gasteiger partial charge on any atom is -0.350 e. The first-order valence-corrected chi connectivity index (χ1v) is 17.1. The molecule has 0 radical (unpaired) electrons. The zero-order valence-corrected chi connectivity index (χ0v) is 29.0. The Labute approximate surface area is 282 Å². The fraction of sp³-hybridized carbons (Fsp3) is 0.278. The Balaban J connectivity index is 1.85. The number of nitrogens with zero attached hydrogens (tertiary/aromatic N) is 2. The highest BCUT2D eigenvalue weighted by Crippen LogP contribution is 2.28. The standard InChI is InChI=1S/C36H39Cl2N3O4S/c1-25-16-19-30(20-26(25)2)41(46(44,45)31-14-10-7-11-15-31)24-34(42)40(23-28-17-18-29(37)22-32(28)38)33(35(43)39-36(3,4)5)21-27-12-8-6-9-13-27/h6-20,22,33H,21,23-24H2,1-5H3,(H,39,43)/t33-/m0/s1. The van der Waals surface area contributed by atoms with E-state index in [4.69, 9.17) is 23.2 Å².